The van der Waals surface area contributed by atoms with E-state index in [4.69, 9.17) is 4.74 Å². The van der Waals surface area contributed by atoms with Crippen LogP contribution in [0.3, 0.4) is 0 Å². The number of phenols is 1. The molecule has 4 nitrogen and oxygen atoms in total. The van der Waals surface area contributed by atoms with Gasteiger partial charge in [-0.1, -0.05) is 78.8 Å². The summed E-state index contributed by atoms with van der Waals surface area (Å²) in [7, 11) is 0. The number of aromatic hydroxyl groups is 1. The molecule has 1 amide bonds. The molecule has 0 aromatic heterocycles. The Balaban J connectivity index is 2.18. The number of hydrogen-bond acceptors (Lipinski definition) is 3. The van der Waals surface area contributed by atoms with Crippen molar-refractivity contribution in [1.29, 1.82) is 0 Å². The van der Waals surface area contributed by atoms with Gasteiger partial charge in [0.2, 0.25) is 0 Å². The Hall–Kier alpha value is -2.49. The van der Waals surface area contributed by atoms with Crippen LogP contribution in [0.2, 0.25) is 0 Å². The minimum absolute atomic E-state index is 0.104. The number of ether oxygens (including phenoxy) is 1. The molecule has 0 fully saturated rings. The van der Waals surface area contributed by atoms with Gasteiger partial charge in [-0.25, -0.2) is 0 Å². The quantitative estimate of drug-likeness (QED) is 0.542. The minimum atomic E-state index is -0.585. The van der Waals surface area contributed by atoms with Gasteiger partial charge in [0.1, 0.15) is 11.5 Å². The van der Waals surface area contributed by atoms with Crippen molar-refractivity contribution in [3.05, 3.63) is 59.2 Å². The van der Waals surface area contributed by atoms with Crippen LogP contribution >= 0.6 is 0 Å². The maximum atomic E-state index is 12.8. The molecule has 4 heteroatoms. The zero-order chi connectivity index (χ0) is 23.2. The molecule has 0 aliphatic rings. The van der Waals surface area contributed by atoms with Crippen molar-refractivity contribution in [1.82, 2.24) is 5.32 Å². The summed E-state index contributed by atoms with van der Waals surface area (Å²) in [5.74, 6) is 0.780. The Morgan fingerprint density at radius 3 is 2.19 bits per heavy atom. The summed E-state index contributed by atoms with van der Waals surface area (Å²) >= 11 is 0. The van der Waals surface area contributed by atoms with Crippen molar-refractivity contribution < 1.29 is 14.6 Å². The molecule has 2 rings (SSSR count). The summed E-state index contributed by atoms with van der Waals surface area (Å²) in [5.41, 5.74) is 3.42. The Labute approximate surface area is 188 Å². The summed E-state index contributed by atoms with van der Waals surface area (Å²) in [6, 6.07) is 13.4. The van der Waals surface area contributed by atoms with Crippen LogP contribution in [0.4, 0.5) is 0 Å². The molecule has 0 heterocycles. The topological polar surface area (TPSA) is 58.6 Å². The average Bonchev–Trinajstić information content (AvgIpc) is 2.64. The molecule has 0 saturated carbocycles. The Morgan fingerprint density at radius 2 is 1.61 bits per heavy atom. The molecule has 0 spiro atoms. The molecule has 0 radical (unpaired) electrons. The molecule has 170 valence electrons. The van der Waals surface area contributed by atoms with Crippen LogP contribution in [0.1, 0.15) is 71.6 Å². The second-order valence-corrected chi connectivity index (χ2v) is 10.8. The molecule has 0 bridgehead atoms. The molecule has 0 aliphatic carbocycles. The maximum Gasteiger partial charge on any atom is 0.261 e. The summed E-state index contributed by atoms with van der Waals surface area (Å²) in [4.78, 5) is 12.8. The largest absolute Gasteiger partial charge is 0.508 e. The third-order valence-corrected chi connectivity index (χ3v) is 4.96. The monoisotopic (exact) mass is 425 g/mol. The van der Waals surface area contributed by atoms with E-state index in [1.54, 1.807) is 18.2 Å². The van der Waals surface area contributed by atoms with E-state index in [9.17, 15) is 9.90 Å². The summed E-state index contributed by atoms with van der Waals surface area (Å²) in [5, 5.41) is 12.8. The SMILES string of the molecule is CCC(Oc1ccc(CC(C)(C)C)cc1CC(C)(C)C)C(=O)NCc1ccccc1O. The number of nitrogens with one attached hydrogen (secondary N) is 1. The van der Waals surface area contributed by atoms with Crippen LogP contribution in [-0.4, -0.2) is 17.1 Å². The number of amides is 1. The van der Waals surface area contributed by atoms with Crippen LogP contribution in [-0.2, 0) is 24.2 Å². The Morgan fingerprint density at radius 1 is 0.968 bits per heavy atom. The van der Waals surface area contributed by atoms with Crippen LogP contribution in [0.25, 0.3) is 0 Å². The molecule has 0 aliphatic heterocycles. The smallest absolute Gasteiger partial charge is 0.261 e. The van der Waals surface area contributed by atoms with Crippen molar-refractivity contribution in [2.45, 2.75) is 80.4 Å². The Kier molecular flexibility index (Phi) is 8.16. The molecule has 2 aromatic rings. The van der Waals surface area contributed by atoms with Gasteiger partial charge in [0, 0.05) is 12.1 Å². The fraction of sp³-hybridized carbons (Fsp3) is 0.519. The van der Waals surface area contributed by atoms with E-state index in [-0.39, 0.29) is 29.0 Å². The number of carbonyl (C=O) groups is 1. The van der Waals surface area contributed by atoms with Gasteiger partial charge < -0.3 is 15.2 Å². The molecule has 1 unspecified atom stereocenters. The number of rotatable bonds is 8. The average molecular weight is 426 g/mol. The highest BCUT2D eigenvalue weighted by atomic mass is 16.5. The first kappa shape index (κ1) is 24.8. The molecule has 0 saturated heterocycles. The van der Waals surface area contributed by atoms with E-state index in [1.165, 1.54) is 5.56 Å². The van der Waals surface area contributed by atoms with Gasteiger partial charge >= 0.3 is 0 Å². The number of hydrogen-bond donors (Lipinski definition) is 2. The fourth-order valence-electron chi connectivity index (χ4n) is 3.61. The van der Waals surface area contributed by atoms with E-state index in [2.05, 4.69) is 59.0 Å². The van der Waals surface area contributed by atoms with E-state index in [0.717, 1.165) is 24.2 Å². The Bertz CT molecular complexity index is 875. The second kappa shape index (κ2) is 10.2. The van der Waals surface area contributed by atoms with E-state index in [1.807, 2.05) is 19.1 Å². The van der Waals surface area contributed by atoms with Gasteiger partial charge in [0.15, 0.2) is 6.10 Å². The van der Waals surface area contributed by atoms with Crippen LogP contribution in [0.5, 0.6) is 11.5 Å². The zero-order valence-electron chi connectivity index (χ0n) is 20.2. The zero-order valence-corrected chi connectivity index (χ0v) is 20.2. The van der Waals surface area contributed by atoms with E-state index in [0.29, 0.717) is 12.0 Å². The summed E-state index contributed by atoms with van der Waals surface area (Å²) in [6.07, 6.45) is 1.84. The summed E-state index contributed by atoms with van der Waals surface area (Å²) in [6.45, 7) is 15.6. The highest BCUT2D eigenvalue weighted by Gasteiger charge is 2.23. The van der Waals surface area contributed by atoms with Gasteiger partial charge in [0.25, 0.3) is 5.91 Å². The van der Waals surface area contributed by atoms with E-state index >= 15 is 0 Å². The molecular formula is C27H39NO3. The fourth-order valence-corrected chi connectivity index (χ4v) is 3.61. The van der Waals surface area contributed by atoms with Gasteiger partial charge in [-0.3, -0.25) is 4.79 Å². The molecule has 31 heavy (non-hydrogen) atoms. The first-order chi connectivity index (χ1) is 14.4. The van der Waals surface area contributed by atoms with Crippen LogP contribution in [0, 0.1) is 10.8 Å². The van der Waals surface area contributed by atoms with Gasteiger partial charge in [-0.15, -0.1) is 0 Å². The lowest BCUT2D eigenvalue weighted by Gasteiger charge is -2.25. The van der Waals surface area contributed by atoms with Crippen LogP contribution < -0.4 is 10.1 Å². The van der Waals surface area contributed by atoms with Crippen molar-refractivity contribution in [2.24, 2.45) is 10.8 Å². The maximum absolute atomic E-state index is 12.8. The van der Waals surface area contributed by atoms with Gasteiger partial charge in [-0.2, -0.15) is 0 Å². The molecule has 2 N–H and O–H groups in total. The summed E-state index contributed by atoms with van der Waals surface area (Å²) < 4.78 is 6.23. The number of carbonyl (C=O) groups excluding carboxylic acids is 1. The predicted molar refractivity (Wildman–Crippen MR) is 127 cm³/mol. The first-order valence-electron chi connectivity index (χ1n) is 11.2. The van der Waals surface area contributed by atoms with E-state index < -0.39 is 6.10 Å². The lowest BCUT2D eigenvalue weighted by Crippen LogP contribution is -2.37. The highest BCUT2D eigenvalue weighted by Crippen LogP contribution is 2.31. The lowest BCUT2D eigenvalue weighted by molar-refractivity contribution is -0.128. The third kappa shape index (κ3) is 8.28. The molecule has 2 aromatic carbocycles. The van der Waals surface area contributed by atoms with Crippen molar-refractivity contribution in [3.8, 4) is 11.5 Å². The number of para-hydroxylation sites is 1. The molecule has 1 atom stereocenters. The number of phenolic OH excluding ortho intramolecular Hbond substituents is 1. The molecular weight excluding hydrogens is 386 g/mol. The highest BCUT2D eigenvalue weighted by molar-refractivity contribution is 5.81. The van der Waals surface area contributed by atoms with Crippen LogP contribution in [0.15, 0.2) is 42.5 Å². The van der Waals surface area contributed by atoms with Crippen molar-refractivity contribution in [2.75, 3.05) is 0 Å². The third-order valence-electron chi connectivity index (χ3n) is 4.96. The van der Waals surface area contributed by atoms with Gasteiger partial charge in [-0.05, 0) is 53.4 Å². The normalized spacial score (nSPS) is 13.0. The van der Waals surface area contributed by atoms with Crippen molar-refractivity contribution in [3.63, 3.8) is 0 Å². The minimum Gasteiger partial charge on any atom is -0.508 e. The first-order valence-corrected chi connectivity index (χ1v) is 11.2. The number of benzene rings is 2. The van der Waals surface area contributed by atoms with Gasteiger partial charge in [0.05, 0.1) is 0 Å². The van der Waals surface area contributed by atoms with Crippen molar-refractivity contribution >= 4 is 5.91 Å². The second-order valence-electron chi connectivity index (χ2n) is 10.8. The lowest BCUT2D eigenvalue weighted by atomic mass is 9.84. The predicted octanol–water partition coefficient (Wildman–Crippen LogP) is 6.04. The standard InChI is InChI=1S/C27H39NO3/c1-8-23(25(30)28-18-20-11-9-10-12-22(20)29)31-24-14-13-19(16-26(2,3)4)15-21(24)17-27(5,6)7/h9-15,23,29H,8,16-18H2,1-7H3,(H,28,30).